The Bertz CT molecular complexity index is 830. The number of dihydropyridines is 1. The summed E-state index contributed by atoms with van der Waals surface area (Å²) in [5.41, 5.74) is 0.627. The van der Waals surface area contributed by atoms with Crippen LogP contribution in [0.3, 0.4) is 0 Å². The molecule has 0 N–H and O–H groups in total. The highest BCUT2D eigenvalue weighted by Crippen LogP contribution is 2.28. The van der Waals surface area contributed by atoms with Crippen molar-refractivity contribution in [1.29, 1.82) is 0 Å². The van der Waals surface area contributed by atoms with Crippen molar-refractivity contribution in [1.82, 2.24) is 4.90 Å². The molecule has 0 saturated heterocycles. The number of urea groups is 1. The largest absolute Gasteiger partial charge is 0.499 e. The Hall–Kier alpha value is -2.18. The number of nitrogens with zero attached hydrogens (tertiary/aromatic N) is 3. The number of benzene rings is 1. The van der Waals surface area contributed by atoms with E-state index in [9.17, 15) is 9.59 Å². The molecule has 0 saturated carbocycles. The molecule has 1 aromatic carbocycles. The third-order valence-corrected chi connectivity index (χ3v) is 4.53. The summed E-state index contributed by atoms with van der Waals surface area (Å²) >= 11 is 12.0. The smallest absolute Gasteiger partial charge is 0.445 e. The first-order chi connectivity index (χ1) is 11.4. The van der Waals surface area contributed by atoms with Crippen molar-refractivity contribution in [3.8, 4) is 0 Å². The van der Waals surface area contributed by atoms with E-state index >= 15 is 0 Å². The Morgan fingerprint density at radius 2 is 2.08 bits per heavy atom. The summed E-state index contributed by atoms with van der Waals surface area (Å²) in [5.74, 6) is -0.350. The summed E-state index contributed by atoms with van der Waals surface area (Å²) in [6.07, 6.45) is 3.12. The van der Waals surface area contributed by atoms with Gasteiger partial charge in [0.1, 0.15) is 18.5 Å². The molecular formula is C16H14Cl2N3O3+. The molecule has 24 heavy (non-hydrogen) atoms. The van der Waals surface area contributed by atoms with E-state index in [1.165, 1.54) is 17.9 Å². The molecule has 0 radical (unpaired) electrons. The summed E-state index contributed by atoms with van der Waals surface area (Å²) in [5, 5.41) is 0.878. The molecule has 124 valence electrons. The highest BCUT2D eigenvalue weighted by molar-refractivity contribution is 6.35. The van der Waals surface area contributed by atoms with Crippen molar-refractivity contribution in [3.05, 3.63) is 45.6 Å². The number of amides is 3. The van der Waals surface area contributed by atoms with E-state index in [2.05, 4.69) is 4.99 Å². The maximum absolute atomic E-state index is 12.9. The van der Waals surface area contributed by atoms with Gasteiger partial charge in [-0.3, -0.25) is 4.79 Å². The second-order valence-corrected chi connectivity index (χ2v) is 6.19. The third-order valence-electron chi connectivity index (χ3n) is 3.94. The van der Waals surface area contributed by atoms with E-state index in [1.807, 2.05) is 0 Å². The molecule has 0 fully saturated rings. The van der Waals surface area contributed by atoms with Gasteiger partial charge >= 0.3 is 11.9 Å². The van der Waals surface area contributed by atoms with Crippen molar-refractivity contribution in [3.63, 3.8) is 0 Å². The summed E-state index contributed by atoms with van der Waals surface area (Å²) in [6.45, 7) is 0.0441. The first kappa shape index (κ1) is 16.7. The van der Waals surface area contributed by atoms with Crippen LogP contribution in [0.5, 0.6) is 0 Å². The van der Waals surface area contributed by atoms with Gasteiger partial charge in [-0.2, -0.15) is 9.48 Å². The van der Waals surface area contributed by atoms with Crippen molar-refractivity contribution in [2.45, 2.75) is 6.54 Å². The lowest BCUT2D eigenvalue weighted by molar-refractivity contribution is -0.409. The van der Waals surface area contributed by atoms with Crippen LogP contribution in [0.15, 0.2) is 35.0 Å². The Balaban J connectivity index is 2.00. The van der Waals surface area contributed by atoms with Crippen LogP contribution in [0, 0.1) is 5.92 Å². The number of carbonyl (C=O) groups excluding carboxylic acids is 2. The number of imide groups is 1. The van der Waals surface area contributed by atoms with Crippen LogP contribution in [0.1, 0.15) is 5.56 Å². The molecule has 3 amide bonds. The first-order valence-electron chi connectivity index (χ1n) is 7.12. The Morgan fingerprint density at radius 1 is 1.33 bits per heavy atom. The molecule has 2 aliphatic rings. The van der Waals surface area contributed by atoms with Crippen LogP contribution < -0.4 is 0 Å². The number of amidine groups is 1. The van der Waals surface area contributed by atoms with Crippen LogP contribution >= 0.6 is 23.2 Å². The van der Waals surface area contributed by atoms with Crippen LogP contribution in [-0.4, -0.2) is 47.6 Å². The Kier molecular flexibility index (Phi) is 4.43. The Morgan fingerprint density at radius 3 is 2.75 bits per heavy atom. The molecule has 1 unspecified atom stereocenters. The molecule has 1 atom stereocenters. The molecule has 0 spiro atoms. The second-order valence-electron chi connectivity index (χ2n) is 5.34. The number of allylic oxidation sites excluding steroid dienone is 1. The lowest BCUT2D eigenvalue weighted by atomic mass is 9.99. The average Bonchev–Trinajstić information content (AvgIpc) is 2.57. The van der Waals surface area contributed by atoms with Gasteiger partial charge in [0.05, 0.1) is 14.2 Å². The molecular weight excluding hydrogens is 353 g/mol. The summed E-state index contributed by atoms with van der Waals surface area (Å²) in [4.78, 5) is 30.7. The van der Waals surface area contributed by atoms with E-state index in [0.717, 1.165) is 4.90 Å². The zero-order valence-electron chi connectivity index (χ0n) is 13.0. The number of halogens is 2. The minimum absolute atomic E-state index is 0.0441. The van der Waals surface area contributed by atoms with Crippen molar-refractivity contribution < 1.29 is 18.9 Å². The van der Waals surface area contributed by atoms with Gasteiger partial charge in [-0.1, -0.05) is 29.3 Å². The maximum Gasteiger partial charge on any atom is 0.445 e. The number of hydrogen-bond acceptors (Lipinski definition) is 4. The van der Waals surface area contributed by atoms with Crippen molar-refractivity contribution in [2.75, 3.05) is 14.2 Å². The Labute approximate surface area is 148 Å². The van der Waals surface area contributed by atoms with Gasteiger partial charge in [-0.25, -0.2) is 4.79 Å². The normalized spacial score (nSPS) is 20.2. The first-order valence-corrected chi connectivity index (χ1v) is 7.87. The molecule has 0 aromatic heterocycles. The van der Waals surface area contributed by atoms with E-state index in [-0.39, 0.29) is 6.54 Å². The number of fused-ring (bicyclic) bond motifs is 1. The van der Waals surface area contributed by atoms with E-state index in [4.69, 9.17) is 27.9 Å². The fourth-order valence-corrected chi connectivity index (χ4v) is 3.15. The van der Waals surface area contributed by atoms with Crippen LogP contribution in [0.4, 0.5) is 4.79 Å². The molecule has 2 heterocycles. The minimum atomic E-state index is -0.742. The zero-order chi connectivity index (χ0) is 17.4. The zero-order valence-corrected chi connectivity index (χ0v) is 14.5. The molecule has 0 bridgehead atoms. The highest BCUT2D eigenvalue weighted by atomic mass is 35.5. The second kappa shape index (κ2) is 6.37. The highest BCUT2D eigenvalue weighted by Gasteiger charge is 2.49. The van der Waals surface area contributed by atoms with Gasteiger partial charge in [0, 0.05) is 21.7 Å². The van der Waals surface area contributed by atoms with Crippen molar-refractivity contribution >= 4 is 47.2 Å². The predicted molar refractivity (Wildman–Crippen MR) is 90.7 cm³/mol. The number of aliphatic imine (C=N–C) groups is 1. The number of carbonyl (C=O) groups is 2. The lowest BCUT2D eigenvalue weighted by Crippen LogP contribution is -2.54. The van der Waals surface area contributed by atoms with E-state index in [0.29, 0.717) is 27.2 Å². The van der Waals surface area contributed by atoms with Gasteiger partial charge in [0.25, 0.3) is 5.84 Å². The SMILES string of the molecule is COC1=CC=NC2=[N+](C)C(=O)N(Cc3ccc(Cl)cc3Cl)C(=O)C12. The van der Waals surface area contributed by atoms with Crippen LogP contribution in [0.25, 0.3) is 0 Å². The summed E-state index contributed by atoms with van der Waals surface area (Å²) in [6, 6.07) is 4.46. The maximum atomic E-state index is 12.9. The van der Waals surface area contributed by atoms with Crippen molar-refractivity contribution in [2.24, 2.45) is 10.9 Å². The fourth-order valence-electron chi connectivity index (χ4n) is 2.68. The summed E-state index contributed by atoms with van der Waals surface area (Å²) < 4.78 is 6.62. The average molecular weight is 367 g/mol. The number of ether oxygens (including phenoxy) is 1. The number of hydrogen-bond donors (Lipinski definition) is 0. The molecule has 2 aliphatic heterocycles. The van der Waals surface area contributed by atoms with Gasteiger partial charge in [-0.05, 0) is 12.1 Å². The molecule has 8 heteroatoms. The topological polar surface area (TPSA) is 62.0 Å². The van der Waals surface area contributed by atoms with Crippen LogP contribution in [0.2, 0.25) is 10.0 Å². The summed E-state index contributed by atoms with van der Waals surface area (Å²) in [7, 11) is 3.05. The third kappa shape index (κ3) is 2.72. The van der Waals surface area contributed by atoms with Gasteiger partial charge < -0.3 is 4.74 Å². The lowest BCUT2D eigenvalue weighted by Gasteiger charge is -2.28. The van der Waals surface area contributed by atoms with Gasteiger partial charge in [0.15, 0.2) is 5.92 Å². The van der Waals surface area contributed by atoms with E-state index < -0.39 is 17.9 Å². The van der Waals surface area contributed by atoms with Gasteiger partial charge in [0.2, 0.25) is 0 Å². The molecule has 0 aliphatic carbocycles. The van der Waals surface area contributed by atoms with Crippen LogP contribution in [-0.2, 0) is 16.1 Å². The standard InChI is InChI=1S/C16H14Cl2N3O3/c1-20-14-13(12(24-2)5-6-19-14)15(22)21(16(20)23)8-9-3-4-10(17)7-11(9)18/h3-7,13H,8H2,1-2H3/q+1. The quantitative estimate of drug-likeness (QED) is 0.772. The van der Waals surface area contributed by atoms with Gasteiger partial charge in [-0.15, -0.1) is 4.99 Å². The minimum Gasteiger partial charge on any atom is -0.499 e. The monoisotopic (exact) mass is 366 g/mol. The van der Waals surface area contributed by atoms with E-state index in [1.54, 1.807) is 31.3 Å². The fraction of sp³-hybridized carbons (Fsp3) is 0.250. The number of methoxy groups -OCH3 is 1. The molecule has 3 rings (SSSR count). The molecule has 6 nitrogen and oxygen atoms in total. The molecule has 1 aromatic rings. The predicted octanol–water partition coefficient (Wildman–Crippen LogP) is 2.73. The number of rotatable bonds is 3.